The fourth-order valence-corrected chi connectivity index (χ4v) is 2.95. The van der Waals surface area contributed by atoms with Crippen LogP contribution in [0.5, 0.6) is 0 Å². The Labute approximate surface area is 129 Å². The number of aryl methyl sites for hydroxylation is 1. The van der Waals surface area contributed by atoms with E-state index in [4.69, 9.17) is 4.74 Å². The molecule has 6 heteroatoms. The van der Waals surface area contributed by atoms with Crippen molar-refractivity contribution in [2.24, 2.45) is 0 Å². The van der Waals surface area contributed by atoms with Gasteiger partial charge in [0.15, 0.2) is 0 Å². The summed E-state index contributed by atoms with van der Waals surface area (Å²) in [6, 6.07) is 7.11. The molecule has 2 heterocycles. The lowest BCUT2D eigenvalue weighted by Crippen LogP contribution is -2.44. The van der Waals surface area contributed by atoms with Crippen LogP contribution in [0.4, 0.5) is 4.79 Å². The lowest BCUT2D eigenvalue weighted by Gasteiger charge is -2.26. The Balaban J connectivity index is 1.95. The molecule has 6 nitrogen and oxygen atoms in total. The fraction of sp³-hybridized carbons (Fsp3) is 0.375. The van der Waals surface area contributed by atoms with Crippen LogP contribution < -0.4 is 10.6 Å². The number of hydrogen-bond acceptors (Lipinski definition) is 3. The maximum atomic E-state index is 12.7. The van der Waals surface area contributed by atoms with E-state index in [0.29, 0.717) is 31.0 Å². The minimum absolute atomic E-state index is 0.0483. The number of rotatable bonds is 4. The third-order valence-electron chi connectivity index (χ3n) is 4.09. The second-order valence-corrected chi connectivity index (χ2v) is 5.50. The number of hydrogen-bond donors (Lipinski definition) is 2. The van der Waals surface area contributed by atoms with Gasteiger partial charge in [-0.05, 0) is 18.1 Å². The Hall–Kier alpha value is -2.34. The van der Waals surface area contributed by atoms with Gasteiger partial charge in [-0.2, -0.15) is 0 Å². The normalized spacial score (nSPS) is 20.8. The number of carbonyl (C=O) groups is 2. The maximum Gasteiger partial charge on any atom is 0.319 e. The molecule has 1 aromatic rings. The van der Waals surface area contributed by atoms with E-state index in [-0.39, 0.29) is 11.9 Å². The molecule has 3 rings (SSSR count). The Morgan fingerprint density at radius 1 is 1.32 bits per heavy atom. The zero-order valence-corrected chi connectivity index (χ0v) is 12.7. The van der Waals surface area contributed by atoms with E-state index in [0.717, 1.165) is 11.1 Å². The van der Waals surface area contributed by atoms with E-state index >= 15 is 0 Å². The topological polar surface area (TPSA) is 70.7 Å². The molecule has 2 aliphatic rings. The van der Waals surface area contributed by atoms with Crippen molar-refractivity contribution >= 4 is 11.9 Å². The standard InChI is InChI=1S/C16H19N3O3/c1-10-5-3-4-6-11(10)14-13-12(17-16(21)18-14)9-19(15(13)20)7-8-22-2/h3-6,14H,7-9H2,1-2H3,(H2,17,18,21). The molecule has 0 fully saturated rings. The second kappa shape index (κ2) is 5.81. The molecular formula is C16H19N3O3. The minimum atomic E-state index is -0.398. The summed E-state index contributed by atoms with van der Waals surface area (Å²) in [5.41, 5.74) is 3.32. The van der Waals surface area contributed by atoms with Gasteiger partial charge in [-0.1, -0.05) is 24.3 Å². The zero-order valence-electron chi connectivity index (χ0n) is 12.7. The third-order valence-corrected chi connectivity index (χ3v) is 4.09. The maximum absolute atomic E-state index is 12.7. The molecule has 0 aliphatic carbocycles. The highest BCUT2D eigenvalue weighted by Crippen LogP contribution is 2.33. The molecular weight excluding hydrogens is 282 g/mol. The molecule has 0 radical (unpaired) electrons. The van der Waals surface area contributed by atoms with Gasteiger partial charge in [0.2, 0.25) is 0 Å². The van der Waals surface area contributed by atoms with Gasteiger partial charge in [0.05, 0.1) is 30.5 Å². The molecule has 3 amide bonds. The summed E-state index contributed by atoms with van der Waals surface area (Å²) < 4.78 is 5.04. The van der Waals surface area contributed by atoms with E-state index in [1.807, 2.05) is 31.2 Å². The summed E-state index contributed by atoms with van der Waals surface area (Å²) in [4.78, 5) is 26.3. The van der Waals surface area contributed by atoms with Gasteiger partial charge in [-0.15, -0.1) is 0 Å². The Bertz CT molecular complexity index is 654. The number of methoxy groups -OCH3 is 1. The van der Waals surface area contributed by atoms with Crippen molar-refractivity contribution in [2.75, 3.05) is 26.8 Å². The monoisotopic (exact) mass is 301 g/mol. The number of nitrogens with zero attached hydrogens (tertiary/aromatic N) is 1. The van der Waals surface area contributed by atoms with E-state index in [1.165, 1.54) is 0 Å². The van der Waals surface area contributed by atoms with Crippen LogP contribution >= 0.6 is 0 Å². The summed E-state index contributed by atoms with van der Waals surface area (Å²) in [7, 11) is 1.60. The fourth-order valence-electron chi connectivity index (χ4n) is 2.95. The largest absolute Gasteiger partial charge is 0.383 e. The SMILES string of the molecule is COCCN1CC2=C(C1=O)C(c1ccccc1C)NC(=O)N2. The van der Waals surface area contributed by atoms with Crippen LogP contribution in [0, 0.1) is 6.92 Å². The highest BCUT2D eigenvalue weighted by atomic mass is 16.5. The van der Waals surface area contributed by atoms with Gasteiger partial charge in [0.1, 0.15) is 0 Å². The molecule has 0 saturated heterocycles. The van der Waals surface area contributed by atoms with Gasteiger partial charge in [0, 0.05) is 13.7 Å². The van der Waals surface area contributed by atoms with Gasteiger partial charge in [-0.3, -0.25) is 4.79 Å². The summed E-state index contributed by atoms with van der Waals surface area (Å²) >= 11 is 0. The lowest BCUT2D eigenvalue weighted by molar-refractivity contribution is -0.126. The Morgan fingerprint density at radius 2 is 2.09 bits per heavy atom. The van der Waals surface area contributed by atoms with Gasteiger partial charge in [-0.25, -0.2) is 4.79 Å². The number of ether oxygens (including phenoxy) is 1. The molecule has 1 aromatic carbocycles. The average Bonchev–Trinajstić information content (AvgIpc) is 2.81. The first-order chi connectivity index (χ1) is 10.6. The summed E-state index contributed by atoms with van der Waals surface area (Å²) in [6.07, 6.45) is 0. The predicted molar refractivity (Wildman–Crippen MR) is 81.1 cm³/mol. The number of urea groups is 1. The molecule has 0 saturated carbocycles. The molecule has 0 bridgehead atoms. The van der Waals surface area contributed by atoms with E-state index in [9.17, 15) is 9.59 Å². The third kappa shape index (κ3) is 2.46. The van der Waals surface area contributed by atoms with Crippen LogP contribution in [-0.4, -0.2) is 43.6 Å². The molecule has 2 N–H and O–H groups in total. The first-order valence-electron chi connectivity index (χ1n) is 7.26. The number of carbonyl (C=O) groups excluding carboxylic acids is 2. The molecule has 1 atom stereocenters. The summed E-state index contributed by atoms with van der Waals surface area (Å²) in [5.74, 6) is -0.0483. The van der Waals surface area contributed by atoms with Crippen LogP contribution in [0.25, 0.3) is 0 Å². The summed E-state index contributed by atoms with van der Waals surface area (Å²) in [6.45, 7) is 3.39. The molecule has 116 valence electrons. The van der Waals surface area contributed by atoms with Crippen molar-refractivity contribution in [3.63, 3.8) is 0 Å². The molecule has 1 unspecified atom stereocenters. The highest BCUT2D eigenvalue weighted by Gasteiger charge is 2.40. The second-order valence-electron chi connectivity index (χ2n) is 5.50. The van der Waals surface area contributed by atoms with E-state index in [1.54, 1.807) is 12.0 Å². The average molecular weight is 301 g/mol. The Kier molecular flexibility index (Phi) is 3.85. The van der Waals surface area contributed by atoms with E-state index in [2.05, 4.69) is 10.6 Å². The van der Waals surface area contributed by atoms with Gasteiger partial charge >= 0.3 is 6.03 Å². The first kappa shape index (κ1) is 14.6. The Morgan fingerprint density at radius 3 is 2.82 bits per heavy atom. The lowest BCUT2D eigenvalue weighted by atomic mass is 9.93. The highest BCUT2D eigenvalue weighted by molar-refractivity contribution is 6.01. The van der Waals surface area contributed by atoms with Crippen molar-refractivity contribution < 1.29 is 14.3 Å². The predicted octanol–water partition coefficient (Wildman–Crippen LogP) is 1.09. The van der Waals surface area contributed by atoms with Gasteiger partial charge < -0.3 is 20.3 Å². The smallest absolute Gasteiger partial charge is 0.319 e. The van der Waals surface area contributed by atoms with Crippen molar-refractivity contribution in [1.82, 2.24) is 15.5 Å². The van der Waals surface area contributed by atoms with Crippen molar-refractivity contribution in [3.8, 4) is 0 Å². The number of amides is 3. The minimum Gasteiger partial charge on any atom is -0.383 e. The molecule has 0 spiro atoms. The van der Waals surface area contributed by atoms with Crippen molar-refractivity contribution in [2.45, 2.75) is 13.0 Å². The van der Waals surface area contributed by atoms with Crippen LogP contribution in [-0.2, 0) is 9.53 Å². The van der Waals surface area contributed by atoms with Crippen LogP contribution in [0.2, 0.25) is 0 Å². The van der Waals surface area contributed by atoms with Crippen LogP contribution in [0.3, 0.4) is 0 Å². The first-order valence-corrected chi connectivity index (χ1v) is 7.26. The van der Waals surface area contributed by atoms with Crippen LogP contribution in [0.1, 0.15) is 17.2 Å². The quantitative estimate of drug-likeness (QED) is 0.874. The zero-order chi connectivity index (χ0) is 15.7. The van der Waals surface area contributed by atoms with Crippen LogP contribution in [0.15, 0.2) is 35.5 Å². The molecule has 0 aromatic heterocycles. The van der Waals surface area contributed by atoms with Crippen molar-refractivity contribution in [1.29, 1.82) is 0 Å². The van der Waals surface area contributed by atoms with E-state index < -0.39 is 6.04 Å². The number of nitrogens with one attached hydrogen (secondary N) is 2. The number of benzene rings is 1. The molecule has 22 heavy (non-hydrogen) atoms. The summed E-state index contributed by atoms with van der Waals surface area (Å²) in [5, 5.41) is 5.63. The molecule has 2 aliphatic heterocycles. The van der Waals surface area contributed by atoms with Crippen molar-refractivity contribution in [3.05, 3.63) is 46.7 Å². The van der Waals surface area contributed by atoms with Gasteiger partial charge in [0.25, 0.3) is 5.91 Å².